The van der Waals surface area contributed by atoms with Gasteiger partial charge in [-0.1, -0.05) is 42.5 Å². The molecule has 134 valence electrons. The van der Waals surface area contributed by atoms with Crippen LogP contribution < -0.4 is 11.1 Å². The number of nitrogens with zero attached hydrogens (tertiary/aromatic N) is 2. The molecular formula is C20H21ClN4O. The van der Waals surface area contributed by atoms with Crippen molar-refractivity contribution in [3.63, 3.8) is 0 Å². The Morgan fingerprint density at radius 2 is 1.77 bits per heavy atom. The van der Waals surface area contributed by atoms with Crippen molar-refractivity contribution in [2.75, 3.05) is 11.2 Å². The minimum Gasteiger partial charge on any atom is -0.390 e. The van der Waals surface area contributed by atoms with Gasteiger partial charge in [-0.05, 0) is 24.1 Å². The van der Waals surface area contributed by atoms with Gasteiger partial charge in [0.25, 0.3) is 0 Å². The van der Waals surface area contributed by atoms with Gasteiger partial charge in [-0.25, -0.2) is 9.97 Å². The van der Waals surface area contributed by atoms with E-state index in [0.717, 1.165) is 28.3 Å². The highest BCUT2D eigenvalue weighted by atomic mass is 35.5. The molecule has 2 atom stereocenters. The lowest BCUT2D eigenvalue weighted by molar-refractivity contribution is 0.166. The van der Waals surface area contributed by atoms with Crippen LogP contribution in [-0.4, -0.2) is 33.1 Å². The number of benzene rings is 2. The third-order valence-corrected chi connectivity index (χ3v) is 4.40. The number of aliphatic hydroxyl groups excluding tert-OH is 1. The van der Waals surface area contributed by atoms with E-state index in [1.165, 1.54) is 0 Å². The highest BCUT2D eigenvalue weighted by molar-refractivity contribution is 6.18. The topological polar surface area (TPSA) is 84.1 Å². The lowest BCUT2D eigenvalue weighted by Gasteiger charge is -2.16. The predicted molar refractivity (Wildman–Crippen MR) is 106 cm³/mol. The van der Waals surface area contributed by atoms with Crippen molar-refractivity contribution >= 4 is 23.1 Å². The first-order chi connectivity index (χ1) is 12.7. The zero-order chi connectivity index (χ0) is 18.4. The molecule has 0 aliphatic carbocycles. The Morgan fingerprint density at radius 1 is 1.04 bits per heavy atom. The summed E-state index contributed by atoms with van der Waals surface area (Å²) in [6.07, 6.45) is 1.41. The third kappa shape index (κ3) is 4.79. The van der Waals surface area contributed by atoms with Gasteiger partial charge in [-0.2, -0.15) is 0 Å². The van der Waals surface area contributed by atoms with E-state index < -0.39 is 6.10 Å². The van der Waals surface area contributed by atoms with E-state index in [-0.39, 0.29) is 11.9 Å². The lowest BCUT2D eigenvalue weighted by atomic mass is 10.0. The van der Waals surface area contributed by atoms with Crippen molar-refractivity contribution in [3.8, 4) is 11.3 Å². The van der Waals surface area contributed by atoms with Crippen molar-refractivity contribution in [2.45, 2.75) is 18.6 Å². The van der Waals surface area contributed by atoms with Gasteiger partial charge >= 0.3 is 0 Å². The summed E-state index contributed by atoms with van der Waals surface area (Å²) in [5.41, 5.74) is 9.79. The highest BCUT2D eigenvalue weighted by Crippen LogP contribution is 2.21. The van der Waals surface area contributed by atoms with Crippen molar-refractivity contribution in [3.05, 3.63) is 72.6 Å². The first-order valence-corrected chi connectivity index (χ1v) is 8.92. The molecule has 3 aromatic rings. The molecule has 5 nitrogen and oxygen atoms in total. The minimum atomic E-state index is -0.702. The summed E-state index contributed by atoms with van der Waals surface area (Å²) in [7, 11) is 0. The summed E-state index contributed by atoms with van der Waals surface area (Å²) in [5, 5.41) is 12.9. The second-order valence-corrected chi connectivity index (χ2v) is 6.37. The van der Waals surface area contributed by atoms with Crippen LogP contribution in [0.3, 0.4) is 0 Å². The number of hydrogen-bond acceptors (Lipinski definition) is 5. The fourth-order valence-electron chi connectivity index (χ4n) is 2.59. The quantitative estimate of drug-likeness (QED) is 0.557. The van der Waals surface area contributed by atoms with Crippen LogP contribution in [0.1, 0.15) is 5.56 Å². The molecular weight excluding hydrogens is 348 g/mol. The molecule has 1 aromatic heterocycles. The standard InChI is InChI=1S/C20H21ClN4O/c21-12-19(26)17(22)10-14-6-8-16(9-7-14)25-20-11-18(23-13-24-20)15-4-2-1-3-5-15/h1-9,11,13,17,19,26H,10,12,22H2,(H,23,24,25)/t17-,19+/m0/s1. The number of hydrogen-bond donors (Lipinski definition) is 3. The van der Waals surface area contributed by atoms with Gasteiger partial charge in [0.1, 0.15) is 12.1 Å². The van der Waals surface area contributed by atoms with Crippen LogP contribution in [0.4, 0.5) is 11.5 Å². The number of alkyl halides is 1. The first-order valence-electron chi connectivity index (χ1n) is 8.39. The number of halogens is 1. The highest BCUT2D eigenvalue weighted by Gasteiger charge is 2.13. The maximum Gasteiger partial charge on any atom is 0.134 e. The molecule has 0 saturated heterocycles. The molecule has 0 aliphatic rings. The Morgan fingerprint density at radius 3 is 2.46 bits per heavy atom. The zero-order valence-electron chi connectivity index (χ0n) is 14.2. The first kappa shape index (κ1) is 18.3. The van der Waals surface area contributed by atoms with Crippen LogP contribution >= 0.6 is 11.6 Å². The Hall–Kier alpha value is -2.47. The molecule has 0 spiro atoms. The van der Waals surface area contributed by atoms with E-state index in [0.29, 0.717) is 6.42 Å². The van der Waals surface area contributed by atoms with Crippen LogP contribution in [0.2, 0.25) is 0 Å². The number of aromatic nitrogens is 2. The molecule has 0 radical (unpaired) electrons. The van der Waals surface area contributed by atoms with Gasteiger partial charge in [-0.15, -0.1) is 11.6 Å². The monoisotopic (exact) mass is 368 g/mol. The van der Waals surface area contributed by atoms with Gasteiger partial charge in [0, 0.05) is 29.2 Å². The Bertz CT molecular complexity index is 827. The third-order valence-electron chi connectivity index (χ3n) is 4.09. The summed E-state index contributed by atoms with van der Waals surface area (Å²) in [4.78, 5) is 8.60. The van der Waals surface area contributed by atoms with Crippen LogP contribution in [0, 0.1) is 0 Å². The second kappa shape index (κ2) is 8.76. The van der Waals surface area contributed by atoms with Gasteiger partial charge < -0.3 is 16.2 Å². The average molecular weight is 369 g/mol. The fraction of sp³-hybridized carbons (Fsp3) is 0.200. The summed E-state index contributed by atoms with van der Waals surface area (Å²) >= 11 is 5.63. The minimum absolute atomic E-state index is 0.137. The maximum absolute atomic E-state index is 9.67. The number of rotatable bonds is 7. The smallest absolute Gasteiger partial charge is 0.134 e. The predicted octanol–water partition coefficient (Wildman–Crippen LogP) is 3.36. The summed E-state index contributed by atoms with van der Waals surface area (Å²) < 4.78 is 0. The average Bonchev–Trinajstić information content (AvgIpc) is 2.69. The van der Waals surface area contributed by atoms with E-state index in [2.05, 4.69) is 15.3 Å². The van der Waals surface area contributed by atoms with Gasteiger partial charge in [0.15, 0.2) is 0 Å². The van der Waals surface area contributed by atoms with E-state index in [1.807, 2.05) is 60.7 Å². The van der Waals surface area contributed by atoms with Crippen molar-refractivity contribution in [2.24, 2.45) is 5.73 Å². The Kier molecular flexibility index (Phi) is 6.17. The van der Waals surface area contributed by atoms with E-state index in [9.17, 15) is 5.11 Å². The van der Waals surface area contributed by atoms with Crippen molar-refractivity contribution in [1.82, 2.24) is 9.97 Å². The SMILES string of the molecule is N[C@@H](Cc1ccc(Nc2cc(-c3ccccc3)ncn2)cc1)[C@H](O)CCl. The number of nitrogens with one attached hydrogen (secondary N) is 1. The van der Waals surface area contributed by atoms with Gasteiger partial charge in [0.05, 0.1) is 11.8 Å². The van der Waals surface area contributed by atoms with Gasteiger partial charge in [0.2, 0.25) is 0 Å². The Labute approximate surface area is 157 Å². The Balaban J connectivity index is 1.68. The molecule has 0 amide bonds. The second-order valence-electron chi connectivity index (χ2n) is 6.07. The lowest BCUT2D eigenvalue weighted by Crippen LogP contribution is -2.37. The maximum atomic E-state index is 9.67. The fourth-order valence-corrected chi connectivity index (χ4v) is 2.82. The molecule has 0 unspecified atom stereocenters. The van der Waals surface area contributed by atoms with Crippen LogP contribution in [0.25, 0.3) is 11.3 Å². The van der Waals surface area contributed by atoms with Crippen LogP contribution in [-0.2, 0) is 6.42 Å². The number of anilines is 2. The zero-order valence-corrected chi connectivity index (χ0v) is 15.0. The molecule has 0 saturated carbocycles. The van der Waals surface area contributed by atoms with Crippen molar-refractivity contribution < 1.29 is 5.11 Å². The molecule has 1 heterocycles. The number of nitrogens with two attached hydrogens (primary N) is 1. The summed E-state index contributed by atoms with van der Waals surface area (Å²) in [5.74, 6) is 0.860. The van der Waals surface area contributed by atoms with E-state index >= 15 is 0 Å². The van der Waals surface area contributed by atoms with E-state index in [4.69, 9.17) is 17.3 Å². The van der Waals surface area contributed by atoms with Crippen LogP contribution in [0.5, 0.6) is 0 Å². The molecule has 26 heavy (non-hydrogen) atoms. The molecule has 0 fully saturated rings. The van der Waals surface area contributed by atoms with E-state index in [1.54, 1.807) is 6.33 Å². The molecule has 0 bridgehead atoms. The largest absolute Gasteiger partial charge is 0.390 e. The van der Waals surface area contributed by atoms with Gasteiger partial charge in [-0.3, -0.25) is 0 Å². The normalized spacial score (nSPS) is 13.2. The summed E-state index contributed by atoms with van der Waals surface area (Å²) in [6, 6.07) is 19.4. The molecule has 6 heteroatoms. The molecule has 3 rings (SSSR count). The van der Waals surface area contributed by atoms with Crippen molar-refractivity contribution in [1.29, 1.82) is 0 Å². The number of aliphatic hydroxyl groups is 1. The molecule has 2 aromatic carbocycles. The summed E-state index contributed by atoms with van der Waals surface area (Å²) in [6.45, 7) is 0. The molecule has 4 N–H and O–H groups in total. The molecule has 0 aliphatic heterocycles. The van der Waals surface area contributed by atoms with Crippen LogP contribution in [0.15, 0.2) is 67.0 Å².